The first kappa shape index (κ1) is 12.5. The molecule has 3 rings (SSSR count). The Hall–Kier alpha value is -1.49. The predicted molar refractivity (Wildman–Crippen MR) is 76.1 cm³/mol. The third kappa shape index (κ3) is 2.76. The van der Waals surface area contributed by atoms with Crippen LogP contribution in [0.25, 0.3) is 0 Å². The molecule has 0 aliphatic carbocycles. The number of pyridine rings is 1. The summed E-state index contributed by atoms with van der Waals surface area (Å²) in [5, 5.41) is 0. The third-order valence-corrected chi connectivity index (χ3v) is 3.87. The molecule has 3 heterocycles. The molecule has 2 saturated heterocycles. The van der Waals surface area contributed by atoms with Crippen LogP contribution in [0.4, 0.5) is 11.5 Å². The van der Waals surface area contributed by atoms with Crippen LogP contribution in [0.15, 0.2) is 16.9 Å². The zero-order valence-electron chi connectivity index (χ0n) is 11.4. The first-order valence-corrected chi connectivity index (χ1v) is 7.08. The molecule has 0 aromatic carbocycles. The van der Waals surface area contributed by atoms with Gasteiger partial charge in [-0.3, -0.25) is 4.79 Å². The molecule has 0 radical (unpaired) electrons. The van der Waals surface area contributed by atoms with Gasteiger partial charge in [0.1, 0.15) is 5.82 Å². The van der Waals surface area contributed by atoms with Crippen molar-refractivity contribution in [1.29, 1.82) is 0 Å². The number of hydrogen-bond acceptors (Lipinski definition) is 4. The summed E-state index contributed by atoms with van der Waals surface area (Å²) in [6.45, 7) is 6.58. The monoisotopic (exact) mass is 263 g/mol. The Labute approximate surface area is 113 Å². The van der Waals surface area contributed by atoms with E-state index in [9.17, 15) is 4.79 Å². The lowest BCUT2D eigenvalue weighted by atomic mass is 10.2. The Bertz CT molecular complexity index is 494. The summed E-state index contributed by atoms with van der Waals surface area (Å²) in [6, 6.07) is 3.79. The van der Waals surface area contributed by atoms with Gasteiger partial charge in [-0.25, -0.2) is 0 Å². The molecule has 0 unspecified atom stereocenters. The van der Waals surface area contributed by atoms with Crippen LogP contribution in [0.3, 0.4) is 0 Å². The van der Waals surface area contributed by atoms with Gasteiger partial charge in [-0.05, 0) is 19.8 Å². The van der Waals surface area contributed by atoms with Gasteiger partial charge in [-0.15, -0.1) is 0 Å². The molecule has 0 bridgehead atoms. The van der Waals surface area contributed by atoms with Crippen molar-refractivity contribution in [2.45, 2.75) is 25.9 Å². The largest absolute Gasteiger partial charge is 0.375 e. The van der Waals surface area contributed by atoms with Gasteiger partial charge in [0.25, 0.3) is 5.56 Å². The number of rotatable bonds is 2. The number of hydrogen-bond donors (Lipinski definition) is 1. The van der Waals surface area contributed by atoms with E-state index in [0.717, 1.165) is 44.3 Å². The molecular formula is C14H21N3O2. The van der Waals surface area contributed by atoms with Gasteiger partial charge in [-0.2, -0.15) is 0 Å². The number of aromatic nitrogens is 1. The van der Waals surface area contributed by atoms with Gasteiger partial charge in [-0.1, -0.05) is 0 Å². The van der Waals surface area contributed by atoms with Crippen molar-refractivity contribution in [3.8, 4) is 0 Å². The first-order chi connectivity index (χ1) is 9.22. The number of ether oxygens (including phenoxy) is 1. The molecule has 2 fully saturated rings. The summed E-state index contributed by atoms with van der Waals surface area (Å²) in [7, 11) is 0. The standard InChI is InChI=1S/C14H21N3O2/c1-11-10-17(6-7-19-11)12-8-13(15-14(18)9-12)16-4-2-3-5-16/h8-9,11H,2-7,10H2,1H3,(H,15,18)/t11-/m1/s1. The second kappa shape index (κ2) is 5.25. The molecule has 104 valence electrons. The average molecular weight is 263 g/mol. The van der Waals surface area contributed by atoms with Crippen LogP contribution in [-0.4, -0.2) is 43.9 Å². The Morgan fingerprint density at radius 2 is 2.00 bits per heavy atom. The van der Waals surface area contributed by atoms with Crippen LogP contribution in [-0.2, 0) is 4.74 Å². The van der Waals surface area contributed by atoms with Crippen LogP contribution in [0.5, 0.6) is 0 Å². The molecule has 1 atom stereocenters. The summed E-state index contributed by atoms with van der Waals surface area (Å²) in [5.74, 6) is 0.958. The van der Waals surface area contributed by atoms with E-state index < -0.39 is 0 Å². The van der Waals surface area contributed by atoms with E-state index in [2.05, 4.69) is 27.8 Å². The minimum absolute atomic E-state index is 0.0152. The van der Waals surface area contributed by atoms with E-state index in [1.165, 1.54) is 12.8 Å². The van der Waals surface area contributed by atoms with Gasteiger partial charge in [0.15, 0.2) is 0 Å². The van der Waals surface area contributed by atoms with Crippen molar-refractivity contribution in [2.75, 3.05) is 42.6 Å². The quantitative estimate of drug-likeness (QED) is 0.871. The molecule has 19 heavy (non-hydrogen) atoms. The topological polar surface area (TPSA) is 48.6 Å². The Morgan fingerprint density at radius 1 is 1.21 bits per heavy atom. The number of H-pyrrole nitrogens is 1. The van der Waals surface area contributed by atoms with E-state index in [1.807, 2.05) is 0 Å². The van der Waals surface area contributed by atoms with E-state index in [-0.39, 0.29) is 11.7 Å². The van der Waals surface area contributed by atoms with Crippen molar-refractivity contribution in [3.63, 3.8) is 0 Å². The molecular weight excluding hydrogens is 242 g/mol. The maximum Gasteiger partial charge on any atom is 0.251 e. The fraction of sp³-hybridized carbons (Fsp3) is 0.643. The molecule has 0 spiro atoms. The summed E-state index contributed by atoms with van der Waals surface area (Å²) < 4.78 is 5.55. The van der Waals surface area contributed by atoms with Gasteiger partial charge in [0, 0.05) is 44.0 Å². The van der Waals surface area contributed by atoms with Crippen molar-refractivity contribution >= 4 is 11.5 Å². The van der Waals surface area contributed by atoms with Crippen LogP contribution in [0.1, 0.15) is 19.8 Å². The zero-order chi connectivity index (χ0) is 13.2. The highest BCUT2D eigenvalue weighted by molar-refractivity contribution is 5.55. The molecule has 5 nitrogen and oxygen atoms in total. The number of anilines is 2. The second-order valence-electron chi connectivity index (χ2n) is 5.41. The maximum atomic E-state index is 11.9. The smallest absolute Gasteiger partial charge is 0.251 e. The van der Waals surface area contributed by atoms with Gasteiger partial charge < -0.3 is 19.5 Å². The molecule has 1 N–H and O–H groups in total. The fourth-order valence-electron chi connectivity index (χ4n) is 2.88. The highest BCUT2D eigenvalue weighted by Crippen LogP contribution is 2.23. The van der Waals surface area contributed by atoms with E-state index in [0.29, 0.717) is 0 Å². The number of morpholine rings is 1. The third-order valence-electron chi connectivity index (χ3n) is 3.87. The summed E-state index contributed by atoms with van der Waals surface area (Å²) >= 11 is 0. The van der Waals surface area contributed by atoms with Gasteiger partial charge >= 0.3 is 0 Å². The summed E-state index contributed by atoms with van der Waals surface area (Å²) in [6.07, 6.45) is 2.64. The van der Waals surface area contributed by atoms with Crippen molar-refractivity contribution in [3.05, 3.63) is 22.5 Å². The Morgan fingerprint density at radius 3 is 2.74 bits per heavy atom. The molecule has 1 aromatic heterocycles. The van der Waals surface area contributed by atoms with Crippen LogP contribution < -0.4 is 15.4 Å². The average Bonchev–Trinajstić information content (AvgIpc) is 2.92. The SMILES string of the molecule is C[C@@H]1CN(c2cc(N3CCCC3)[nH]c(=O)c2)CCO1. The lowest BCUT2D eigenvalue weighted by Gasteiger charge is -2.33. The Balaban J connectivity index is 1.86. The summed E-state index contributed by atoms with van der Waals surface area (Å²) in [4.78, 5) is 19.3. The zero-order valence-corrected chi connectivity index (χ0v) is 11.4. The van der Waals surface area contributed by atoms with Gasteiger partial charge in [0.05, 0.1) is 12.7 Å². The van der Waals surface area contributed by atoms with E-state index in [1.54, 1.807) is 6.07 Å². The highest BCUT2D eigenvalue weighted by atomic mass is 16.5. The van der Waals surface area contributed by atoms with Crippen molar-refractivity contribution < 1.29 is 4.74 Å². The highest BCUT2D eigenvalue weighted by Gasteiger charge is 2.19. The molecule has 0 amide bonds. The molecule has 2 aliphatic heterocycles. The van der Waals surface area contributed by atoms with Crippen LogP contribution >= 0.6 is 0 Å². The molecule has 1 aromatic rings. The second-order valence-corrected chi connectivity index (χ2v) is 5.41. The normalized spacial score (nSPS) is 23.9. The number of aromatic amines is 1. The number of nitrogens with one attached hydrogen (secondary N) is 1. The van der Waals surface area contributed by atoms with Crippen molar-refractivity contribution in [1.82, 2.24) is 4.98 Å². The van der Waals surface area contributed by atoms with E-state index >= 15 is 0 Å². The van der Waals surface area contributed by atoms with Crippen molar-refractivity contribution in [2.24, 2.45) is 0 Å². The molecule has 0 saturated carbocycles. The molecule has 2 aliphatic rings. The maximum absolute atomic E-state index is 11.9. The lowest BCUT2D eigenvalue weighted by Crippen LogP contribution is -2.41. The minimum Gasteiger partial charge on any atom is -0.375 e. The minimum atomic E-state index is -0.0152. The first-order valence-electron chi connectivity index (χ1n) is 7.08. The Kier molecular flexibility index (Phi) is 3.46. The fourth-order valence-corrected chi connectivity index (χ4v) is 2.88. The van der Waals surface area contributed by atoms with Crippen LogP contribution in [0.2, 0.25) is 0 Å². The van der Waals surface area contributed by atoms with Gasteiger partial charge in [0.2, 0.25) is 0 Å². The lowest BCUT2D eigenvalue weighted by molar-refractivity contribution is 0.0532. The van der Waals surface area contributed by atoms with E-state index in [4.69, 9.17) is 4.74 Å². The summed E-state index contributed by atoms with van der Waals surface area (Å²) in [5.41, 5.74) is 0.999. The van der Waals surface area contributed by atoms with Crippen LogP contribution in [0, 0.1) is 0 Å². The predicted octanol–water partition coefficient (Wildman–Crippen LogP) is 1.20. The number of nitrogens with zero attached hydrogens (tertiary/aromatic N) is 2. The molecule has 5 heteroatoms.